The van der Waals surface area contributed by atoms with Crippen molar-refractivity contribution in [3.63, 3.8) is 0 Å². The van der Waals surface area contributed by atoms with E-state index in [1.165, 1.54) is 0 Å². The van der Waals surface area contributed by atoms with E-state index in [4.69, 9.17) is 30.0 Å². The fourth-order valence-electron chi connectivity index (χ4n) is 0. The Bertz CT molecular complexity index is 77.2. The van der Waals surface area contributed by atoms with Gasteiger partial charge in [0.1, 0.15) is 0 Å². The fourth-order valence-corrected chi connectivity index (χ4v) is 0. The molecule has 3 radical (unpaired) electrons. The summed E-state index contributed by atoms with van der Waals surface area (Å²) >= 11 is 0. The van der Waals surface area contributed by atoms with Gasteiger partial charge in [-0.25, -0.2) is 0 Å². The first-order chi connectivity index (χ1) is 3.46. The number of hydrogen-bond donors (Lipinski definition) is 0. The number of hydrogen-bond acceptors (Lipinski definition) is 8. The number of carboxylic acid groups (broad SMARTS) is 4. The quantitative estimate of drug-likeness (QED) is 0.352. The first-order valence-electron chi connectivity index (χ1n) is 1.22. The zero-order chi connectivity index (χ0) is 7.15. The normalized spacial score (nSPS) is 3.00. The molecule has 14 heteroatoms. The van der Waals surface area contributed by atoms with Gasteiger partial charge in [0.2, 0.25) is 0 Å². The molecule has 0 spiro atoms. The zero-order valence-corrected chi connectivity index (χ0v) is 9.57. The molecule has 0 amide bonds. The average Bonchev–Trinajstić information content (AvgIpc) is 1.25. The van der Waals surface area contributed by atoms with E-state index in [9.17, 15) is 0 Å². The summed E-state index contributed by atoms with van der Waals surface area (Å²) in [6.45, 7) is 0. The molecule has 0 saturated heterocycles. The molecular formula is C2H8Cu3O11. The summed E-state index contributed by atoms with van der Waals surface area (Å²) in [7, 11) is 0. The molecule has 11 nitrogen and oxygen atoms in total. The summed E-state index contributed by atoms with van der Waals surface area (Å²) in [5, 5.41) is 33.3. The molecule has 0 bridgehead atoms. The third-order valence-electron chi connectivity index (χ3n) is 0. The molecule has 0 atom stereocenters. The van der Waals surface area contributed by atoms with Crippen LogP contribution >= 0.6 is 0 Å². The van der Waals surface area contributed by atoms with Crippen LogP contribution in [0.2, 0.25) is 0 Å². The minimum Gasteiger partial charge on any atom is -0.870 e. The van der Waals surface area contributed by atoms with Crippen molar-refractivity contribution < 1.29 is 109 Å². The van der Waals surface area contributed by atoms with Crippen LogP contribution in [-0.4, -0.2) is 39.7 Å². The fraction of sp³-hybridized carbons (Fsp3) is 0. The van der Waals surface area contributed by atoms with E-state index in [1.807, 2.05) is 0 Å². The van der Waals surface area contributed by atoms with Crippen LogP contribution in [0, 0.1) is 0 Å². The van der Waals surface area contributed by atoms with Gasteiger partial charge in [0.05, 0.1) is 0 Å². The second-order valence-corrected chi connectivity index (χ2v) is 0.500. The monoisotopic (exact) mass is 397 g/mol. The van der Waals surface area contributed by atoms with E-state index in [-0.39, 0.29) is 78.6 Å². The summed E-state index contributed by atoms with van der Waals surface area (Å²) in [4.78, 5) is 16.7. The van der Waals surface area contributed by atoms with Crippen LogP contribution in [0.5, 0.6) is 0 Å². The maximum Gasteiger partial charge on any atom is 2.00 e. The predicted molar refractivity (Wildman–Crippen MR) is 25.5 cm³/mol. The summed E-state index contributed by atoms with van der Waals surface area (Å²) < 4.78 is 0. The minimum absolute atomic E-state index is 0. The molecule has 0 aliphatic carbocycles. The molecule has 0 aliphatic heterocycles. The Morgan fingerprint density at radius 3 is 0.562 bits per heavy atom. The third kappa shape index (κ3) is 224000. The van der Waals surface area contributed by atoms with Gasteiger partial charge >= 0.3 is 51.2 Å². The van der Waals surface area contributed by atoms with Crippen LogP contribution in [-0.2, 0) is 51.2 Å². The molecule has 115 valence electrons. The second-order valence-electron chi connectivity index (χ2n) is 0.500. The van der Waals surface area contributed by atoms with Crippen molar-refractivity contribution in [2.75, 3.05) is 0 Å². The summed E-state index contributed by atoms with van der Waals surface area (Å²) in [5.41, 5.74) is 0. The van der Waals surface area contributed by atoms with E-state index in [1.54, 1.807) is 0 Å². The molecular weight excluding hydrogens is 391 g/mol. The maximum absolute atomic E-state index is 8.33. The van der Waals surface area contributed by atoms with Crippen LogP contribution in [0.25, 0.3) is 0 Å². The SMILES string of the molecule is O.O.O.O=C([O-])[O-].O=C([O-])[O-].[Cu+2].[Cu+2].[Cu+2].[OH-].[OH-]. The van der Waals surface area contributed by atoms with Gasteiger partial charge in [-0.05, 0) is 12.3 Å². The van der Waals surface area contributed by atoms with Crippen LogP contribution in [0.15, 0.2) is 0 Å². The Morgan fingerprint density at radius 1 is 0.562 bits per heavy atom. The first-order valence-corrected chi connectivity index (χ1v) is 1.22. The van der Waals surface area contributed by atoms with Crippen molar-refractivity contribution in [1.29, 1.82) is 0 Å². The Labute approximate surface area is 121 Å². The van der Waals surface area contributed by atoms with Crippen LogP contribution < -0.4 is 20.4 Å². The molecule has 0 aliphatic rings. The van der Waals surface area contributed by atoms with Gasteiger partial charge in [-0.2, -0.15) is 0 Å². The number of rotatable bonds is 0. The van der Waals surface area contributed by atoms with Gasteiger partial charge in [0.15, 0.2) is 0 Å². The van der Waals surface area contributed by atoms with E-state index < -0.39 is 12.3 Å². The standard InChI is InChI=1S/2CH2O3.3Cu.5H2O/c2*2-1(3)4;;;;;;;;/h2*(H2,2,3,4);;;;5*1H2/q;;3*+2;;;;;/p-6. The number of carbonyl (C=O) groups is 2. The Kier molecular flexibility index (Phi) is 524. The smallest absolute Gasteiger partial charge is 0.870 e. The molecule has 0 unspecified atom stereocenters. The Morgan fingerprint density at radius 2 is 0.562 bits per heavy atom. The summed E-state index contributed by atoms with van der Waals surface area (Å²) in [6.07, 6.45) is -4.67. The maximum atomic E-state index is 8.33. The van der Waals surface area contributed by atoms with Gasteiger partial charge in [0, 0.05) is 0 Å². The summed E-state index contributed by atoms with van der Waals surface area (Å²) in [5.74, 6) is 0. The third-order valence-corrected chi connectivity index (χ3v) is 0. The van der Waals surface area contributed by atoms with E-state index >= 15 is 0 Å². The van der Waals surface area contributed by atoms with Crippen LogP contribution in [0.3, 0.4) is 0 Å². The molecule has 0 fully saturated rings. The van der Waals surface area contributed by atoms with Crippen molar-refractivity contribution in [3.8, 4) is 0 Å². The molecule has 0 rings (SSSR count). The number of carbonyl (C=O) groups excluding carboxylic acids is 2. The zero-order valence-electron chi connectivity index (χ0n) is 6.75. The van der Waals surface area contributed by atoms with E-state index in [0.29, 0.717) is 0 Å². The van der Waals surface area contributed by atoms with E-state index in [2.05, 4.69) is 0 Å². The summed E-state index contributed by atoms with van der Waals surface area (Å²) in [6, 6.07) is 0. The van der Waals surface area contributed by atoms with Crippen molar-refractivity contribution >= 4 is 12.3 Å². The second kappa shape index (κ2) is 82.7. The average molecular weight is 399 g/mol. The Balaban J connectivity index is -0.00000000375. The van der Waals surface area contributed by atoms with Crippen molar-refractivity contribution in [1.82, 2.24) is 0 Å². The Hall–Kier alpha value is -0.102. The van der Waals surface area contributed by atoms with Gasteiger partial charge in [0.25, 0.3) is 0 Å². The van der Waals surface area contributed by atoms with Gasteiger partial charge in [-0.3, -0.25) is 0 Å². The molecule has 8 N–H and O–H groups in total. The van der Waals surface area contributed by atoms with Crippen molar-refractivity contribution in [2.45, 2.75) is 0 Å². The topological polar surface area (TPSA) is 281 Å². The van der Waals surface area contributed by atoms with Crippen molar-refractivity contribution in [2.24, 2.45) is 0 Å². The van der Waals surface area contributed by atoms with Crippen molar-refractivity contribution in [3.05, 3.63) is 0 Å². The largest absolute Gasteiger partial charge is 2.00 e. The van der Waals surface area contributed by atoms with Gasteiger partial charge < -0.3 is 57.4 Å². The molecule has 16 heavy (non-hydrogen) atoms. The molecule has 0 aromatic heterocycles. The van der Waals surface area contributed by atoms with Gasteiger partial charge in [-0.1, -0.05) is 0 Å². The van der Waals surface area contributed by atoms with Gasteiger partial charge in [-0.15, -0.1) is 0 Å². The molecule has 0 heterocycles. The van der Waals surface area contributed by atoms with Crippen LogP contribution in [0.4, 0.5) is 9.59 Å². The molecule has 0 saturated carbocycles. The first kappa shape index (κ1) is 101. The van der Waals surface area contributed by atoms with E-state index in [0.717, 1.165) is 0 Å². The predicted octanol–water partition coefficient (Wildman–Crippen LogP) is -7.73. The van der Waals surface area contributed by atoms with Crippen LogP contribution in [0.1, 0.15) is 0 Å². The molecule has 0 aromatic rings. The minimum atomic E-state index is -2.33. The molecule has 0 aromatic carbocycles.